The second kappa shape index (κ2) is 4.22. The molecule has 1 aromatic rings. The van der Waals surface area contributed by atoms with Crippen LogP contribution in [0.2, 0.25) is 0 Å². The van der Waals surface area contributed by atoms with Crippen LogP contribution < -0.4 is 4.31 Å². The Kier molecular flexibility index (Phi) is 2.83. The molecular formula is C14H17NO4S. The van der Waals surface area contributed by atoms with Gasteiger partial charge in [0.25, 0.3) is 0 Å². The SMILES string of the molecule is CCN1c2ccc(C3(C(=O)OC)CC3)cc2CS1(=O)=O. The third kappa shape index (κ3) is 1.74. The summed E-state index contributed by atoms with van der Waals surface area (Å²) in [4.78, 5) is 11.9. The van der Waals surface area contributed by atoms with Crippen LogP contribution in [0.25, 0.3) is 0 Å². The van der Waals surface area contributed by atoms with Gasteiger partial charge in [0.15, 0.2) is 0 Å². The molecular weight excluding hydrogens is 278 g/mol. The maximum Gasteiger partial charge on any atom is 0.316 e. The van der Waals surface area contributed by atoms with Crippen molar-refractivity contribution >= 4 is 21.7 Å². The molecule has 1 fully saturated rings. The fraction of sp³-hybridized carbons (Fsp3) is 0.500. The van der Waals surface area contributed by atoms with Crippen molar-refractivity contribution < 1.29 is 17.9 Å². The van der Waals surface area contributed by atoms with Gasteiger partial charge in [-0.25, -0.2) is 8.42 Å². The van der Waals surface area contributed by atoms with E-state index in [9.17, 15) is 13.2 Å². The minimum absolute atomic E-state index is 0.0151. The van der Waals surface area contributed by atoms with Gasteiger partial charge in [-0.1, -0.05) is 12.1 Å². The van der Waals surface area contributed by atoms with Crippen molar-refractivity contribution in [1.82, 2.24) is 0 Å². The zero-order chi connectivity index (χ0) is 14.5. The van der Waals surface area contributed by atoms with Gasteiger partial charge in [-0.3, -0.25) is 9.10 Å². The molecule has 3 rings (SSSR count). The van der Waals surface area contributed by atoms with Crippen LogP contribution in [0.5, 0.6) is 0 Å². The van der Waals surface area contributed by atoms with E-state index >= 15 is 0 Å². The molecule has 1 heterocycles. The maximum atomic E-state index is 12.1. The molecule has 108 valence electrons. The van der Waals surface area contributed by atoms with Crippen LogP contribution in [0, 0.1) is 0 Å². The quantitative estimate of drug-likeness (QED) is 0.794. The van der Waals surface area contributed by atoms with E-state index in [2.05, 4.69) is 0 Å². The summed E-state index contributed by atoms with van der Waals surface area (Å²) in [6.07, 6.45) is 1.53. The summed E-state index contributed by atoms with van der Waals surface area (Å²) in [6, 6.07) is 5.51. The van der Waals surface area contributed by atoms with Crippen LogP contribution in [0.3, 0.4) is 0 Å². The van der Waals surface area contributed by atoms with Gasteiger partial charge in [0.05, 0.1) is 24.0 Å². The maximum absolute atomic E-state index is 12.1. The van der Waals surface area contributed by atoms with Crippen LogP contribution in [-0.2, 0) is 30.7 Å². The van der Waals surface area contributed by atoms with E-state index in [1.54, 1.807) is 0 Å². The molecule has 0 radical (unpaired) electrons. The number of carbonyl (C=O) groups is 1. The van der Waals surface area contributed by atoms with Gasteiger partial charge >= 0.3 is 5.97 Å². The second-order valence-corrected chi connectivity index (χ2v) is 7.23. The molecule has 0 N–H and O–H groups in total. The smallest absolute Gasteiger partial charge is 0.316 e. The van der Waals surface area contributed by atoms with Crippen LogP contribution in [-0.4, -0.2) is 28.0 Å². The van der Waals surface area contributed by atoms with Crippen LogP contribution >= 0.6 is 0 Å². The summed E-state index contributed by atoms with van der Waals surface area (Å²) >= 11 is 0. The van der Waals surface area contributed by atoms with E-state index in [1.807, 2.05) is 25.1 Å². The molecule has 0 atom stereocenters. The molecule has 1 aromatic carbocycles. The number of sulfonamides is 1. The summed E-state index contributed by atoms with van der Waals surface area (Å²) in [7, 11) is -1.86. The zero-order valence-corrected chi connectivity index (χ0v) is 12.4. The predicted octanol–water partition coefficient (Wildman–Crippen LogP) is 1.56. The molecule has 6 heteroatoms. The lowest BCUT2D eigenvalue weighted by Crippen LogP contribution is -2.26. The highest BCUT2D eigenvalue weighted by molar-refractivity contribution is 7.92. The Hall–Kier alpha value is -1.56. The largest absolute Gasteiger partial charge is 0.468 e. The summed E-state index contributed by atoms with van der Waals surface area (Å²) in [5.41, 5.74) is 1.83. The molecule has 0 spiro atoms. The van der Waals surface area contributed by atoms with Gasteiger partial charge in [-0.15, -0.1) is 0 Å². The first-order valence-corrected chi connectivity index (χ1v) is 8.28. The number of anilines is 1. The summed E-state index contributed by atoms with van der Waals surface area (Å²) in [5.74, 6) is -0.216. The number of hydrogen-bond acceptors (Lipinski definition) is 4. The number of esters is 1. The molecule has 5 nitrogen and oxygen atoms in total. The van der Waals surface area contributed by atoms with Crippen LogP contribution in [0.15, 0.2) is 18.2 Å². The molecule has 0 saturated heterocycles. The zero-order valence-electron chi connectivity index (χ0n) is 11.5. The standard InChI is InChI=1S/C14H17NO4S/c1-3-15-12-5-4-11(8-10(12)9-20(15,17)18)14(6-7-14)13(16)19-2/h4-5,8H,3,6-7,9H2,1-2H3. The molecule has 0 unspecified atom stereocenters. The van der Waals surface area contributed by atoms with Crippen molar-refractivity contribution in [1.29, 1.82) is 0 Å². The molecule has 1 aliphatic carbocycles. The van der Waals surface area contributed by atoms with E-state index in [0.29, 0.717) is 6.54 Å². The minimum Gasteiger partial charge on any atom is -0.468 e. The van der Waals surface area contributed by atoms with Gasteiger partial charge in [0, 0.05) is 6.54 Å². The van der Waals surface area contributed by atoms with E-state index in [-0.39, 0.29) is 11.7 Å². The Bertz CT molecular complexity index is 676. The highest BCUT2D eigenvalue weighted by Gasteiger charge is 2.53. The molecule has 1 saturated carbocycles. The Labute approximate surface area is 118 Å². The number of ether oxygens (including phenoxy) is 1. The number of fused-ring (bicyclic) bond motifs is 1. The normalized spacial score (nSPS) is 21.4. The Balaban J connectivity index is 2.03. The second-order valence-electron chi connectivity index (χ2n) is 5.34. The Morgan fingerprint density at radius 3 is 2.65 bits per heavy atom. The van der Waals surface area contributed by atoms with Gasteiger partial charge in [0.1, 0.15) is 0 Å². The highest BCUT2D eigenvalue weighted by Crippen LogP contribution is 2.50. The van der Waals surface area contributed by atoms with Gasteiger partial charge in [-0.05, 0) is 37.0 Å². The Morgan fingerprint density at radius 1 is 1.40 bits per heavy atom. The highest BCUT2D eigenvalue weighted by atomic mass is 32.2. The van der Waals surface area contributed by atoms with Crippen molar-refractivity contribution in [3.05, 3.63) is 29.3 Å². The lowest BCUT2D eigenvalue weighted by atomic mass is 9.94. The van der Waals surface area contributed by atoms with Crippen LogP contribution in [0.4, 0.5) is 5.69 Å². The topological polar surface area (TPSA) is 63.7 Å². The number of carbonyl (C=O) groups excluding carboxylic acids is 1. The van der Waals surface area contributed by atoms with Crippen molar-refractivity contribution in [2.24, 2.45) is 0 Å². The van der Waals surface area contributed by atoms with Gasteiger partial charge in [-0.2, -0.15) is 0 Å². The monoisotopic (exact) mass is 295 g/mol. The van der Waals surface area contributed by atoms with Gasteiger partial charge < -0.3 is 4.74 Å². The van der Waals surface area contributed by atoms with E-state index in [0.717, 1.165) is 29.7 Å². The average molecular weight is 295 g/mol. The first kappa shape index (κ1) is 13.4. The number of methoxy groups -OCH3 is 1. The first-order valence-electron chi connectivity index (χ1n) is 6.67. The van der Waals surface area contributed by atoms with Crippen molar-refractivity contribution in [2.75, 3.05) is 18.0 Å². The predicted molar refractivity (Wildman–Crippen MR) is 75.0 cm³/mol. The molecule has 0 aromatic heterocycles. The van der Waals surface area contributed by atoms with Gasteiger partial charge in [0.2, 0.25) is 10.0 Å². The first-order chi connectivity index (χ1) is 9.44. The fourth-order valence-corrected chi connectivity index (χ4v) is 4.62. The average Bonchev–Trinajstić information content (AvgIpc) is 3.16. The van der Waals surface area contributed by atoms with E-state index in [1.165, 1.54) is 11.4 Å². The third-order valence-electron chi connectivity index (χ3n) is 4.19. The number of benzene rings is 1. The number of nitrogens with zero attached hydrogens (tertiary/aromatic N) is 1. The van der Waals surface area contributed by atoms with Crippen molar-refractivity contribution in [3.63, 3.8) is 0 Å². The van der Waals surface area contributed by atoms with E-state index in [4.69, 9.17) is 4.74 Å². The molecule has 0 bridgehead atoms. The lowest BCUT2D eigenvalue weighted by molar-refractivity contribution is -0.143. The van der Waals surface area contributed by atoms with Crippen LogP contribution in [0.1, 0.15) is 30.9 Å². The Morgan fingerprint density at radius 2 is 2.10 bits per heavy atom. The number of rotatable bonds is 3. The molecule has 2 aliphatic rings. The van der Waals surface area contributed by atoms with Crippen molar-refractivity contribution in [2.45, 2.75) is 30.9 Å². The summed E-state index contributed by atoms with van der Waals surface area (Å²) in [6.45, 7) is 2.24. The minimum atomic E-state index is -3.25. The third-order valence-corrected chi connectivity index (χ3v) is 5.99. The molecule has 1 aliphatic heterocycles. The molecule has 20 heavy (non-hydrogen) atoms. The van der Waals surface area contributed by atoms with E-state index < -0.39 is 15.4 Å². The number of hydrogen-bond donors (Lipinski definition) is 0. The summed E-state index contributed by atoms with van der Waals surface area (Å²) < 4.78 is 30.4. The van der Waals surface area contributed by atoms with Crippen molar-refractivity contribution in [3.8, 4) is 0 Å². The lowest BCUT2D eigenvalue weighted by Gasteiger charge is -2.17. The fourth-order valence-electron chi connectivity index (χ4n) is 2.96. The molecule has 0 amide bonds. The summed E-state index contributed by atoms with van der Waals surface area (Å²) in [5, 5.41) is 0.